The van der Waals surface area contributed by atoms with Gasteiger partial charge in [0, 0.05) is 39.8 Å². The Morgan fingerprint density at radius 3 is 2.42 bits per heavy atom. The summed E-state index contributed by atoms with van der Waals surface area (Å²) in [6.07, 6.45) is 1.49. The number of hydrogen-bond acceptors (Lipinski definition) is 7. The normalized spacial score (nSPS) is 15.1. The van der Waals surface area contributed by atoms with Gasteiger partial charge in [0.2, 0.25) is 12.1 Å². The third kappa shape index (κ3) is 4.05. The first-order valence-electron chi connectivity index (χ1n) is 8.48. The molecule has 9 nitrogen and oxygen atoms in total. The zero-order valence-electron chi connectivity index (χ0n) is 15.0. The van der Waals surface area contributed by atoms with Crippen molar-refractivity contribution < 1.29 is 14.4 Å². The summed E-state index contributed by atoms with van der Waals surface area (Å²) < 4.78 is 12.6. The third-order valence-corrected chi connectivity index (χ3v) is 4.47. The second kappa shape index (κ2) is 8.05. The topological polar surface area (TPSA) is 85.9 Å². The smallest absolute Gasteiger partial charge is 0.406 e. The number of nitrogens with zero attached hydrogens (tertiary/aromatic N) is 5. The largest absolute Gasteiger partial charge is 0.497 e. The number of benzene rings is 1. The molecule has 0 radical (unpaired) electrons. The lowest BCUT2D eigenvalue weighted by molar-refractivity contribution is -0.388. The van der Waals surface area contributed by atoms with Crippen LogP contribution in [-0.2, 0) is 7.05 Å². The number of nitro groups is 1. The summed E-state index contributed by atoms with van der Waals surface area (Å²) in [6.45, 7) is 4.51. The van der Waals surface area contributed by atoms with Crippen molar-refractivity contribution in [3.05, 3.63) is 40.7 Å². The average molecular weight is 361 g/mol. The molecule has 3 rings (SSSR count). The van der Waals surface area contributed by atoms with E-state index in [4.69, 9.17) is 9.47 Å². The van der Waals surface area contributed by atoms with E-state index in [1.54, 1.807) is 18.7 Å². The van der Waals surface area contributed by atoms with Crippen molar-refractivity contribution in [2.24, 2.45) is 7.05 Å². The summed E-state index contributed by atoms with van der Waals surface area (Å²) >= 11 is 0. The molecule has 1 aromatic heterocycles. The quantitative estimate of drug-likeness (QED) is 0.546. The molecule has 0 amide bonds. The number of piperazine rings is 1. The number of methoxy groups -OCH3 is 1. The van der Waals surface area contributed by atoms with E-state index >= 15 is 0 Å². The van der Waals surface area contributed by atoms with Crippen LogP contribution in [0.25, 0.3) is 0 Å². The van der Waals surface area contributed by atoms with E-state index in [9.17, 15) is 10.1 Å². The van der Waals surface area contributed by atoms with Gasteiger partial charge in [-0.1, -0.05) is 0 Å². The lowest BCUT2D eigenvalue weighted by Gasteiger charge is -2.35. The van der Waals surface area contributed by atoms with E-state index in [-0.39, 0.29) is 5.82 Å². The molecule has 26 heavy (non-hydrogen) atoms. The van der Waals surface area contributed by atoms with Crippen LogP contribution in [0.15, 0.2) is 30.6 Å². The first-order chi connectivity index (χ1) is 12.6. The predicted octanol–water partition coefficient (Wildman–Crippen LogP) is 1.54. The van der Waals surface area contributed by atoms with Crippen LogP contribution in [0.4, 0.5) is 11.6 Å². The Kier molecular flexibility index (Phi) is 5.57. The number of ether oxygens (including phenoxy) is 2. The number of aromatic nitrogens is 2. The van der Waals surface area contributed by atoms with Crippen LogP contribution < -0.4 is 14.4 Å². The van der Waals surface area contributed by atoms with E-state index in [0.717, 1.165) is 44.2 Å². The van der Waals surface area contributed by atoms with Crippen molar-refractivity contribution >= 4 is 11.6 Å². The fourth-order valence-electron chi connectivity index (χ4n) is 3.05. The highest BCUT2D eigenvalue weighted by molar-refractivity contribution is 5.54. The minimum absolute atomic E-state index is 0.0798. The summed E-state index contributed by atoms with van der Waals surface area (Å²) in [5.41, 5.74) is 0. The maximum absolute atomic E-state index is 11.1. The molecule has 1 fully saturated rings. The van der Waals surface area contributed by atoms with Gasteiger partial charge in [-0.2, -0.15) is 0 Å². The van der Waals surface area contributed by atoms with Crippen molar-refractivity contribution in [3.63, 3.8) is 0 Å². The Morgan fingerprint density at radius 2 is 1.81 bits per heavy atom. The molecular weight excluding hydrogens is 338 g/mol. The van der Waals surface area contributed by atoms with Gasteiger partial charge < -0.3 is 24.5 Å². The molecule has 0 N–H and O–H groups in total. The van der Waals surface area contributed by atoms with Crippen LogP contribution in [-0.4, -0.2) is 65.8 Å². The zero-order chi connectivity index (χ0) is 18.5. The second-order valence-corrected chi connectivity index (χ2v) is 6.11. The Hall–Kier alpha value is -2.81. The summed E-state index contributed by atoms with van der Waals surface area (Å²) in [7, 11) is 3.42. The summed E-state index contributed by atoms with van der Waals surface area (Å²) in [5.74, 6) is 2.11. The van der Waals surface area contributed by atoms with Crippen LogP contribution >= 0.6 is 0 Å². The van der Waals surface area contributed by atoms with E-state index in [0.29, 0.717) is 12.4 Å². The highest BCUT2D eigenvalue weighted by atomic mass is 16.6. The molecule has 1 aliphatic rings. The number of anilines is 1. The molecule has 1 aromatic carbocycles. The number of imidazole rings is 1. The van der Waals surface area contributed by atoms with Gasteiger partial charge in [-0.15, -0.1) is 0 Å². The van der Waals surface area contributed by atoms with Crippen LogP contribution in [0.3, 0.4) is 0 Å². The van der Waals surface area contributed by atoms with Crippen LogP contribution in [0.2, 0.25) is 0 Å². The Labute approximate surface area is 151 Å². The highest BCUT2D eigenvalue weighted by Crippen LogP contribution is 2.26. The van der Waals surface area contributed by atoms with Gasteiger partial charge >= 0.3 is 5.82 Å². The zero-order valence-corrected chi connectivity index (χ0v) is 15.0. The summed E-state index contributed by atoms with van der Waals surface area (Å²) in [4.78, 5) is 18.9. The monoisotopic (exact) mass is 361 g/mol. The van der Waals surface area contributed by atoms with E-state index in [1.165, 1.54) is 6.33 Å². The van der Waals surface area contributed by atoms with E-state index in [1.807, 2.05) is 29.2 Å². The lowest BCUT2D eigenvalue weighted by Crippen LogP contribution is -2.48. The minimum atomic E-state index is -0.426. The van der Waals surface area contributed by atoms with E-state index < -0.39 is 4.92 Å². The third-order valence-electron chi connectivity index (χ3n) is 4.47. The molecule has 0 bridgehead atoms. The molecule has 0 aliphatic carbocycles. The standard InChI is InChI=1S/C17H23N5O4/c1-19-13-18-16(22(23)24)17(19)21-9-7-20(8-10-21)11-12-26-15-5-3-14(25-2)4-6-15/h3-6,13H,7-12H2,1-2H3. The van der Waals surface area contributed by atoms with E-state index in [2.05, 4.69) is 9.88 Å². The SMILES string of the molecule is COc1ccc(OCCN2CCN(c3c([N+](=O)[O-])ncn3C)CC2)cc1. The molecule has 1 aliphatic heterocycles. The maximum atomic E-state index is 11.1. The van der Waals surface area contributed by atoms with Crippen molar-refractivity contribution in [3.8, 4) is 11.5 Å². The molecular formula is C17H23N5O4. The predicted molar refractivity (Wildman–Crippen MR) is 97.0 cm³/mol. The molecule has 2 heterocycles. The van der Waals surface area contributed by atoms with Gasteiger partial charge in [-0.05, 0) is 34.2 Å². The van der Waals surface area contributed by atoms with Gasteiger partial charge in [0.05, 0.1) is 7.11 Å². The van der Waals surface area contributed by atoms with Gasteiger partial charge in [-0.3, -0.25) is 9.47 Å². The van der Waals surface area contributed by atoms with Crippen molar-refractivity contribution in [2.75, 3.05) is 51.3 Å². The number of hydrogen-bond donors (Lipinski definition) is 0. The lowest BCUT2D eigenvalue weighted by atomic mass is 10.3. The highest BCUT2D eigenvalue weighted by Gasteiger charge is 2.28. The Morgan fingerprint density at radius 1 is 1.15 bits per heavy atom. The molecule has 0 atom stereocenters. The summed E-state index contributed by atoms with van der Waals surface area (Å²) in [6, 6.07) is 7.51. The fraction of sp³-hybridized carbons (Fsp3) is 0.471. The van der Waals surface area contributed by atoms with Gasteiger partial charge in [0.1, 0.15) is 18.1 Å². The minimum Gasteiger partial charge on any atom is -0.497 e. The Balaban J connectivity index is 1.47. The second-order valence-electron chi connectivity index (χ2n) is 6.11. The molecule has 0 spiro atoms. The Bertz CT molecular complexity index is 738. The molecule has 0 saturated carbocycles. The number of rotatable bonds is 7. The van der Waals surface area contributed by atoms with Crippen molar-refractivity contribution in [1.29, 1.82) is 0 Å². The van der Waals surface area contributed by atoms with Crippen LogP contribution in [0.5, 0.6) is 11.5 Å². The van der Waals surface area contributed by atoms with Gasteiger partial charge in [0.15, 0.2) is 0 Å². The van der Waals surface area contributed by atoms with Crippen LogP contribution in [0, 0.1) is 10.1 Å². The van der Waals surface area contributed by atoms with Crippen molar-refractivity contribution in [2.45, 2.75) is 0 Å². The molecule has 1 saturated heterocycles. The van der Waals surface area contributed by atoms with Crippen LogP contribution in [0.1, 0.15) is 0 Å². The summed E-state index contributed by atoms with van der Waals surface area (Å²) in [5, 5.41) is 11.1. The average Bonchev–Trinajstić information content (AvgIpc) is 3.05. The molecule has 9 heteroatoms. The molecule has 0 unspecified atom stereocenters. The van der Waals surface area contributed by atoms with Crippen molar-refractivity contribution in [1.82, 2.24) is 14.5 Å². The van der Waals surface area contributed by atoms with Gasteiger partial charge in [-0.25, -0.2) is 0 Å². The fourth-order valence-corrected chi connectivity index (χ4v) is 3.05. The first-order valence-corrected chi connectivity index (χ1v) is 8.48. The molecule has 140 valence electrons. The maximum Gasteiger partial charge on any atom is 0.406 e. The van der Waals surface area contributed by atoms with Gasteiger partial charge in [0.25, 0.3) is 0 Å². The number of aryl methyl sites for hydroxylation is 1. The molecule has 2 aromatic rings. The first kappa shape index (κ1) is 18.0.